The van der Waals surface area contributed by atoms with E-state index in [1.54, 1.807) is 18.9 Å². The molecule has 0 saturated heterocycles. The van der Waals surface area contributed by atoms with Crippen molar-refractivity contribution in [1.29, 1.82) is 0 Å². The summed E-state index contributed by atoms with van der Waals surface area (Å²) in [7, 11) is 5.30. The van der Waals surface area contributed by atoms with Crippen molar-refractivity contribution < 1.29 is 14.6 Å². The fourth-order valence-electron chi connectivity index (χ4n) is 4.85. The maximum absolute atomic E-state index is 12.4. The lowest BCUT2D eigenvalue weighted by molar-refractivity contribution is -0.133. The first-order valence-electron chi connectivity index (χ1n) is 12.5. The summed E-state index contributed by atoms with van der Waals surface area (Å²) >= 11 is 0. The van der Waals surface area contributed by atoms with Crippen molar-refractivity contribution in [1.82, 2.24) is 14.9 Å². The Morgan fingerprint density at radius 2 is 1.92 bits per heavy atom. The van der Waals surface area contributed by atoms with Crippen molar-refractivity contribution in [3.63, 3.8) is 0 Å². The van der Waals surface area contributed by atoms with Crippen molar-refractivity contribution >= 4 is 28.2 Å². The maximum Gasteiger partial charge on any atom is 0.225 e. The Morgan fingerprint density at radius 3 is 2.56 bits per heavy atom. The highest BCUT2D eigenvalue weighted by Crippen LogP contribution is 2.39. The molecular weight excluding hydrogens is 452 g/mol. The molecule has 36 heavy (non-hydrogen) atoms. The van der Waals surface area contributed by atoms with E-state index < -0.39 is 6.10 Å². The molecule has 190 valence electrons. The smallest absolute Gasteiger partial charge is 0.225 e. The van der Waals surface area contributed by atoms with Gasteiger partial charge in [0.25, 0.3) is 0 Å². The fraction of sp³-hybridized carbons (Fsp3) is 0.414. The number of nitrogens with one attached hydrogen (secondary N) is 1. The predicted molar refractivity (Wildman–Crippen MR) is 144 cm³/mol. The number of aliphatic hydroxyl groups is 1. The number of aryl methyl sites for hydroxylation is 1. The van der Waals surface area contributed by atoms with E-state index in [9.17, 15) is 9.90 Å². The minimum Gasteiger partial charge on any atom is -0.496 e. The van der Waals surface area contributed by atoms with Crippen molar-refractivity contribution in [2.75, 3.05) is 26.5 Å². The summed E-state index contributed by atoms with van der Waals surface area (Å²) in [5.74, 6) is 2.41. The third kappa shape index (κ3) is 5.36. The van der Waals surface area contributed by atoms with Gasteiger partial charge in [-0.15, -0.1) is 0 Å². The molecule has 0 bridgehead atoms. The summed E-state index contributed by atoms with van der Waals surface area (Å²) in [6.07, 6.45) is 4.00. The summed E-state index contributed by atoms with van der Waals surface area (Å²) < 4.78 is 5.76. The molecule has 1 aliphatic carbocycles. The predicted octanol–water partition coefficient (Wildman–Crippen LogP) is 5.44. The molecule has 3 aromatic rings. The Balaban J connectivity index is 1.70. The Morgan fingerprint density at radius 1 is 1.17 bits per heavy atom. The molecule has 1 aliphatic rings. The number of aliphatic hydroxyl groups excluding tert-OH is 1. The van der Waals surface area contributed by atoms with Gasteiger partial charge in [-0.1, -0.05) is 30.3 Å². The lowest BCUT2D eigenvalue weighted by Crippen LogP contribution is -2.30. The van der Waals surface area contributed by atoms with Gasteiger partial charge in [0.2, 0.25) is 5.91 Å². The molecule has 0 saturated carbocycles. The zero-order chi connectivity index (χ0) is 26.0. The van der Waals surface area contributed by atoms with Gasteiger partial charge >= 0.3 is 0 Å². The minimum atomic E-state index is -0.523. The van der Waals surface area contributed by atoms with Gasteiger partial charge < -0.3 is 20.1 Å². The summed E-state index contributed by atoms with van der Waals surface area (Å²) in [6.45, 7) is 5.74. The molecule has 0 spiro atoms. The molecular formula is C29H36N4O3. The normalized spacial score (nSPS) is 17.3. The third-order valence-corrected chi connectivity index (χ3v) is 6.92. The van der Waals surface area contributed by atoms with Crippen LogP contribution in [0.15, 0.2) is 42.5 Å². The minimum absolute atomic E-state index is 0.0247. The van der Waals surface area contributed by atoms with Gasteiger partial charge in [-0.2, -0.15) is 0 Å². The van der Waals surface area contributed by atoms with Crippen molar-refractivity contribution in [2.45, 2.75) is 52.2 Å². The fourth-order valence-corrected chi connectivity index (χ4v) is 4.85. The number of carbonyl (C=O) groups excluding carboxylic acids is 1. The average molecular weight is 489 g/mol. The second-order valence-electron chi connectivity index (χ2n) is 9.83. The molecule has 7 nitrogen and oxygen atoms in total. The number of rotatable bonds is 7. The molecule has 7 heteroatoms. The van der Waals surface area contributed by atoms with E-state index in [4.69, 9.17) is 9.72 Å². The molecule has 1 amide bonds. The van der Waals surface area contributed by atoms with Gasteiger partial charge in [-0.25, -0.2) is 9.97 Å². The number of methoxy groups -OCH3 is 1. The van der Waals surface area contributed by atoms with Crippen LogP contribution in [-0.4, -0.2) is 47.1 Å². The molecule has 3 atom stereocenters. The standard InChI is InChI=1S/C29H36N4O3/c1-17(22-8-7-9-23(14-22)18(2)34)30-28-25-15-24(27(36-6)16-26(25)31-19(3)32-28)20-10-12-21(13-11-20)29(35)33(4)5/h7-10,14-18,21,34H,11-13H2,1-6H3,(H,30,31,32)/t17-,18?,21?/m1/s1. The van der Waals surface area contributed by atoms with E-state index >= 15 is 0 Å². The second kappa shape index (κ2) is 10.7. The van der Waals surface area contributed by atoms with Gasteiger partial charge in [0.05, 0.1) is 18.7 Å². The lowest BCUT2D eigenvalue weighted by atomic mass is 9.85. The monoisotopic (exact) mass is 488 g/mol. The lowest BCUT2D eigenvalue weighted by Gasteiger charge is -2.25. The van der Waals surface area contributed by atoms with E-state index in [0.29, 0.717) is 5.82 Å². The average Bonchev–Trinajstić information content (AvgIpc) is 2.87. The molecule has 2 unspecified atom stereocenters. The van der Waals surface area contributed by atoms with E-state index in [-0.39, 0.29) is 17.9 Å². The van der Waals surface area contributed by atoms with Crippen LogP contribution in [0.3, 0.4) is 0 Å². The summed E-state index contributed by atoms with van der Waals surface area (Å²) in [6, 6.07) is 12.0. The van der Waals surface area contributed by atoms with Crippen LogP contribution in [0.25, 0.3) is 16.5 Å². The van der Waals surface area contributed by atoms with Crippen LogP contribution in [-0.2, 0) is 4.79 Å². The number of anilines is 1. The van der Waals surface area contributed by atoms with E-state index in [2.05, 4.69) is 29.4 Å². The first-order valence-corrected chi connectivity index (χ1v) is 12.5. The molecule has 1 aromatic heterocycles. The number of aromatic nitrogens is 2. The largest absolute Gasteiger partial charge is 0.496 e. The van der Waals surface area contributed by atoms with Crippen LogP contribution in [0.1, 0.15) is 67.8 Å². The number of hydrogen-bond acceptors (Lipinski definition) is 6. The van der Waals surface area contributed by atoms with Crippen LogP contribution in [0.2, 0.25) is 0 Å². The number of hydrogen-bond donors (Lipinski definition) is 2. The van der Waals surface area contributed by atoms with Gasteiger partial charge in [0, 0.05) is 43.1 Å². The third-order valence-electron chi connectivity index (χ3n) is 6.92. The number of ether oxygens (including phenoxy) is 1. The van der Waals surface area contributed by atoms with Crippen LogP contribution < -0.4 is 10.1 Å². The number of amides is 1. The van der Waals surface area contributed by atoms with Crippen LogP contribution in [0.5, 0.6) is 5.75 Å². The number of nitrogens with zero attached hydrogens (tertiary/aromatic N) is 3. The first kappa shape index (κ1) is 25.6. The highest BCUT2D eigenvalue weighted by molar-refractivity contribution is 5.94. The molecule has 4 rings (SSSR count). The molecule has 0 fully saturated rings. The highest BCUT2D eigenvalue weighted by Gasteiger charge is 2.25. The van der Waals surface area contributed by atoms with Gasteiger partial charge in [0.15, 0.2) is 0 Å². The zero-order valence-electron chi connectivity index (χ0n) is 22.0. The summed E-state index contributed by atoms with van der Waals surface area (Å²) in [5, 5.41) is 14.5. The van der Waals surface area contributed by atoms with Crippen molar-refractivity contribution in [2.24, 2.45) is 5.92 Å². The van der Waals surface area contributed by atoms with Gasteiger partial charge in [0.1, 0.15) is 17.4 Å². The van der Waals surface area contributed by atoms with Crippen LogP contribution in [0.4, 0.5) is 5.82 Å². The molecule has 1 heterocycles. The quantitative estimate of drug-likeness (QED) is 0.460. The van der Waals surface area contributed by atoms with Gasteiger partial charge in [-0.05, 0) is 62.8 Å². The number of fused-ring (bicyclic) bond motifs is 1. The Labute approximate surface area is 213 Å². The summed E-state index contributed by atoms with van der Waals surface area (Å²) in [5.41, 5.74) is 4.96. The van der Waals surface area contributed by atoms with E-state index in [1.165, 1.54) is 5.57 Å². The number of benzene rings is 2. The highest BCUT2D eigenvalue weighted by atomic mass is 16.5. The molecule has 2 aromatic carbocycles. The van der Waals surface area contributed by atoms with Crippen LogP contribution in [0, 0.1) is 12.8 Å². The molecule has 0 radical (unpaired) electrons. The molecule has 0 aliphatic heterocycles. The first-order chi connectivity index (χ1) is 17.2. The zero-order valence-corrected chi connectivity index (χ0v) is 22.0. The maximum atomic E-state index is 12.4. The Bertz CT molecular complexity index is 1300. The number of allylic oxidation sites excluding steroid dienone is 2. The van der Waals surface area contributed by atoms with Crippen molar-refractivity contribution in [3.05, 3.63) is 65.0 Å². The number of carbonyl (C=O) groups is 1. The van der Waals surface area contributed by atoms with E-state index in [0.717, 1.165) is 58.4 Å². The topological polar surface area (TPSA) is 87.6 Å². The van der Waals surface area contributed by atoms with E-state index in [1.807, 2.05) is 51.4 Å². The Kier molecular flexibility index (Phi) is 7.59. The SMILES string of the molecule is COc1cc2nc(C)nc(N[C@H](C)c3cccc(C(C)O)c3)c2cc1C1=CCC(C(=O)N(C)C)CC1. The summed E-state index contributed by atoms with van der Waals surface area (Å²) in [4.78, 5) is 23.5. The van der Waals surface area contributed by atoms with Crippen LogP contribution >= 0.6 is 0 Å². The van der Waals surface area contributed by atoms with Crippen molar-refractivity contribution in [3.8, 4) is 5.75 Å². The second-order valence-corrected chi connectivity index (χ2v) is 9.83. The Hall–Kier alpha value is -3.45. The van der Waals surface area contributed by atoms with Gasteiger partial charge in [-0.3, -0.25) is 4.79 Å². The molecule has 2 N–H and O–H groups in total.